The Morgan fingerprint density at radius 1 is 1.15 bits per heavy atom. The number of anilines is 1. The second-order valence-electron chi connectivity index (χ2n) is 5.91. The summed E-state index contributed by atoms with van der Waals surface area (Å²) in [5.74, 6) is -0.642. The number of halogens is 1. The Morgan fingerprint density at radius 2 is 1.92 bits per heavy atom. The van der Waals surface area contributed by atoms with Crippen LogP contribution in [0.1, 0.15) is 40.6 Å². The lowest BCUT2D eigenvalue weighted by Crippen LogP contribution is -2.12. The number of carbonyl (C=O) groups excluding carboxylic acids is 2. The number of benzene rings is 2. The zero-order valence-electron chi connectivity index (χ0n) is 14.3. The summed E-state index contributed by atoms with van der Waals surface area (Å²) in [4.78, 5) is 27.3. The van der Waals surface area contributed by atoms with Gasteiger partial charge in [-0.25, -0.2) is 4.79 Å². The van der Waals surface area contributed by atoms with Crippen LogP contribution in [-0.4, -0.2) is 23.5 Å². The van der Waals surface area contributed by atoms with Crippen molar-refractivity contribution in [3.63, 3.8) is 0 Å². The largest absolute Gasteiger partial charge is 0.462 e. The molecule has 1 heterocycles. The van der Waals surface area contributed by atoms with E-state index in [1.54, 1.807) is 36.4 Å². The first-order valence-corrected chi connectivity index (χ1v) is 8.82. The molecule has 1 aromatic heterocycles. The summed E-state index contributed by atoms with van der Waals surface area (Å²) in [6.07, 6.45) is 1.81. The van der Waals surface area contributed by atoms with Gasteiger partial charge in [-0.05, 0) is 42.8 Å². The maximum Gasteiger partial charge on any atom is 0.338 e. The van der Waals surface area contributed by atoms with Crippen LogP contribution in [0.2, 0.25) is 5.02 Å². The number of para-hydroxylation sites is 1. The van der Waals surface area contributed by atoms with Crippen molar-refractivity contribution >= 4 is 40.1 Å². The molecular weight excluding hydrogens is 352 g/mol. The molecular formula is C20H19ClN2O3. The van der Waals surface area contributed by atoms with Crippen LogP contribution in [-0.2, 0) is 4.74 Å². The maximum atomic E-state index is 12.4. The van der Waals surface area contributed by atoms with Crippen LogP contribution in [0.5, 0.6) is 0 Å². The number of hydrogen-bond acceptors (Lipinski definition) is 3. The average molecular weight is 371 g/mol. The van der Waals surface area contributed by atoms with Gasteiger partial charge in [0.25, 0.3) is 5.91 Å². The van der Waals surface area contributed by atoms with E-state index >= 15 is 0 Å². The van der Waals surface area contributed by atoms with Crippen molar-refractivity contribution in [1.29, 1.82) is 0 Å². The molecule has 26 heavy (non-hydrogen) atoms. The number of ether oxygens (including phenoxy) is 1. The van der Waals surface area contributed by atoms with Crippen molar-refractivity contribution in [1.82, 2.24) is 4.98 Å². The number of rotatable bonds is 6. The predicted octanol–water partition coefficient (Wildman–Crippen LogP) is 5.03. The van der Waals surface area contributed by atoms with Crippen LogP contribution >= 0.6 is 11.6 Å². The minimum Gasteiger partial charge on any atom is -0.462 e. The first kappa shape index (κ1) is 18.0. The van der Waals surface area contributed by atoms with Gasteiger partial charge >= 0.3 is 5.97 Å². The van der Waals surface area contributed by atoms with Crippen molar-refractivity contribution in [3.8, 4) is 0 Å². The van der Waals surface area contributed by atoms with Gasteiger partial charge in [-0.1, -0.05) is 37.1 Å². The van der Waals surface area contributed by atoms with E-state index in [2.05, 4.69) is 10.3 Å². The number of esters is 1. The van der Waals surface area contributed by atoms with Crippen LogP contribution < -0.4 is 5.32 Å². The third-order valence-corrected chi connectivity index (χ3v) is 4.27. The number of H-pyrrole nitrogens is 1. The fourth-order valence-corrected chi connectivity index (χ4v) is 2.75. The number of amides is 1. The van der Waals surface area contributed by atoms with Gasteiger partial charge in [0.15, 0.2) is 0 Å². The van der Waals surface area contributed by atoms with Gasteiger partial charge in [-0.15, -0.1) is 0 Å². The molecule has 0 spiro atoms. The van der Waals surface area contributed by atoms with Crippen molar-refractivity contribution in [2.45, 2.75) is 19.8 Å². The second-order valence-corrected chi connectivity index (χ2v) is 6.32. The molecule has 0 aliphatic rings. The Balaban J connectivity index is 1.67. The van der Waals surface area contributed by atoms with E-state index in [9.17, 15) is 9.59 Å². The van der Waals surface area contributed by atoms with E-state index < -0.39 is 0 Å². The van der Waals surface area contributed by atoms with E-state index in [-0.39, 0.29) is 11.9 Å². The number of carbonyl (C=O) groups is 2. The summed E-state index contributed by atoms with van der Waals surface area (Å²) >= 11 is 6.12. The average Bonchev–Trinajstić information content (AvgIpc) is 3.08. The molecule has 0 saturated carbocycles. The highest BCUT2D eigenvalue weighted by Crippen LogP contribution is 2.24. The Kier molecular flexibility index (Phi) is 5.58. The molecule has 0 atom stereocenters. The van der Waals surface area contributed by atoms with Crippen molar-refractivity contribution in [2.24, 2.45) is 0 Å². The molecule has 3 aromatic rings. The monoisotopic (exact) mass is 370 g/mol. The van der Waals surface area contributed by atoms with Gasteiger partial charge in [-0.2, -0.15) is 0 Å². The minimum atomic E-state index is -0.360. The Morgan fingerprint density at radius 3 is 2.62 bits per heavy atom. The first-order chi connectivity index (χ1) is 12.6. The fourth-order valence-electron chi connectivity index (χ4n) is 2.52. The van der Waals surface area contributed by atoms with Crippen LogP contribution in [0, 0.1) is 0 Å². The SMILES string of the molecule is CCCCOC(=O)c1ccc(NC(=O)c2cc3cccc(Cl)c3[nH]2)cc1. The lowest BCUT2D eigenvalue weighted by atomic mass is 10.2. The van der Waals surface area contributed by atoms with Gasteiger partial charge in [0.2, 0.25) is 0 Å². The van der Waals surface area contributed by atoms with Gasteiger partial charge in [-0.3, -0.25) is 4.79 Å². The molecule has 5 nitrogen and oxygen atoms in total. The highest BCUT2D eigenvalue weighted by Gasteiger charge is 2.12. The van der Waals surface area contributed by atoms with Crippen molar-refractivity contribution in [3.05, 3.63) is 64.8 Å². The van der Waals surface area contributed by atoms with Gasteiger partial charge in [0.05, 0.1) is 22.7 Å². The molecule has 0 aliphatic heterocycles. The minimum absolute atomic E-state index is 0.282. The molecule has 6 heteroatoms. The molecule has 0 radical (unpaired) electrons. The highest BCUT2D eigenvalue weighted by atomic mass is 35.5. The third-order valence-electron chi connectivity index (χ3n) is 3.96. The zero-order chi connectivity index (χ0) is 18.5. The van der Waals surface area contributed by atoms with E-state index in [0.29, 0.717) is 28.6 Å². The topological polar surface area (TPSA) is 71.2 Å². The molecule has 0 unspecified atom stereocenters. The van der Waals surface area contributed by atoms with Gasteiger partial charge in [0, 0.05) is 11.1 Å². The summed E-state index contributed by atoms with van der Waals surface area (Å²) in [6, 6.07) is 13.8. The third kappa shape index (κ3) is 4.06. The maximum absolute atomic E-state index is 12.4. The predicted molar refractivity (Wildman–Crippen MR) is 103 cm³/mol. The zero-order valence-corrected chi connectivity index (χ0v) is 15.1. The van der Waals surface area contributed by atoms with E-state index in [0.717, 1.165) is 23.7 Å². The van der Waals surface area contributed by atoms with Gasteiger partial charge in [0.1, 0.15) is 5.69 Å². The lowest BCUT2D eigenvalue weighted by molar-refractivity contribution is 0.0499. The molecule has 3 rings (SSSR count). The summed E-state index contributed by atoms with van der Waals surface area (Å²) in [5, 5.41) is 4.22. The molecule has 0 aliphatic carbocycles. The van der Waals surface area contributed by atoms with Crippen LogP contribution in [0.25, 0.3) is 10.9 Å². The Labute approximate surface area is 156 Å². The first-order valence-electron chi connectivity index (χ1n) is 8.44. The summed E-state index contributed by atoms with van der Waals surface area (Å²) < 4.78 is 5.16. The smallest absolute Gasteiger partial charge is 0.338 e. The molecule has 2 N–H and O–H groups in total. The van der Waals surface area contributed by atoms with Gasteiger partial charge < -0.3 is 15.0 Å². The molecule has 2 aromatic carbocycles. The number of unbranched alkanes of at least 4 members (excludes halogenated alkanes) is 1. The van der Waals surface area contributed by atoms with E-state index in [1.807, 2.05) is 19.1 Å². The quantitative estimate of drug-likeness (QED) is 0.472. The van der Waals surface area contributed by atoms with Crippen LogP contribution in [0.4, 0.5) is 5.69 Å². The van der Waals surface area contributed by atoms with Crippen LogP contribution in [0.15, 0.2) is 48.5 Å². The van der Waals surface area contributed by atoms with Crippen molar-refractivity contribution < 1.29 is 14.3 Å². The summed E-state index contributed by atoms with van der Waals surface area (Å²) in [6.45, 7) is 2.45. The Bertz CT molecular complexity index is 932. The molecule has 134 valence electrons. The van der Waals surface area contributed by atoms with E-state index in [1.165, 1.54) is 0 Å². The number of aromatic amines is 1. The second kappa shape index (κ2) is 8.06. The lowest BCUT2D eigenvalue weighted by Gasteiger charge is -2.06. The highest BCUT2D eigenvalue weighted by molar-refractivity contribution is 6.35. The molecule has 1 amide bonds. The number of fused-ring (bicyclic) bond motifs is 1. The van der Waals surface area contributed by atoms with E-state index in [4.69, 9.17) is 16.3 Å². The number of nitrogens with one attached hydrogen (secondary N) is 2. The standard InChI is InChI=1S/C20H19ClN2O3/c1-2-3-11-26-20(25)13-7-9-15(10-8-13)22-19(24)17-12-14-5-4-6-16(21)18(14)23-17/h4-10,12,23H,2-3,11H2,1H3,(H,22,24). The molecule has 0 fully saturated rings. The summed E-state index contributed by atoms with van der Waals surface area (Å²) in [7, 11) is 0. The molecule has 0 saturated heterocycles. The fraction of sp³-hybridized carbons (Fsp3) is 0.200. The van der Waals surface area contributed by atoms with Crippen LogP contribution in [0.3, 0.4) is 0 Å². The normalized spacial score (nSPS) is 10.7. The Hall–Kier alpha value is -2.79. The molecule has 0 bridgehead atoms. The number of hydrogen-bond donors (Lipinski definition) is 2. The summed E-state index contributed by atoms with van der Waals surface area (Å²) in [5.41, 5.74) is 2.18. The number of aromatic nitrogens is 1. The van der Waals surface area contributed by atoms with Crippen molar-refractivity contribution in [2.75, 3.05) is 11.9 Å².